The van der Waals surface area contributed by atoms with Gasteiger partial charge in [0.15, 0.2) is 0 Å². The van der Waals surface area contributed by atoms with E-state index in [1.165, 1.54) is 12.1 Å². The van der Waals surface area contributed by atoms with Crippen molar-refractivity contribution in [3.8, 4) is 11.1 Å². The van der Waals surface area contributed by atoms with Gasteiger partial charge >= 0.3 is 0 Å². The van der Waals surface area contributed by atoms with Gasteiger partial charge in [0, 0.05) is 5.56 Å². The van der Waals surface area contributed by atoms with Gasteiger partial charge in [-0.2, -0.15) is 0 Å². The number of hydrogen-bond acceptors (Lipinski definition) is 3. The zero-order valence-corrected chi connectivity index (χ0v) is 15.6. The van der Waals surface area contributed by atoms with Crippen molar-refractivity contribution >= 4 is 15.9 Å². The molecule has 0 aromatic heterocycles. The molecule has 0 aliphatic heterocycles. The number of benzene rings is 3. The number of carbonyl (C=O) groups excluding carboxylic acids is 1. The van der Waals surface area contributed by atoms with E-state index in [9.17, 15) is 13.2 Å². The van der Waals surface area contributed by atoms with Gasteiger partial charge in [0.2, 0.25) is 10.0 Å². The molecule has 0 saturated heterocycles. The minimum Gasteiger partial charge on any atom is -0.346 e. The van der Waals surface area contributed by atoms with Crippen LogP contribution in [0.25, 0.3) is 11.1 Å². The second-order valence-electron chi connectivity index (χ2n) is 6.26. The highest BCUT2D eigenvalue weighted by Gasteiger charge is 2.14. The highest BCUT2D eigenvalue weighted by atomic mass is 32.2. The van der Waals surface area contributed by atoms with E-state index in [1.807, 2.05) is 42.5 Å². The summed E-state index contributed by atoms with van der Waals surface area (Å²) < 4.78 is 23.0. The van der Waals surface area contributed by atoms with Crippen molar-refractivity contribution in [2.75, 3.05) is 0 Å². The van der Waals surface area contributed by atoms with Crippen LogP contribution in [0, 0.1) is 0 Å². The SMILES string of the molecule is CC(NC(=O)c1ccc(-c2ccccc2)cc1)c1cccc(S(N)(=O)=O)c1. The van der Waals surface area contributed by atoms with Gasteiger partial charge < -0.3 is 5.32 Å². The predicted molar refractivity (Wildman–Crippen MR) is 106 cm³/mol. The molecule has 3 aromatic carbocycles. The summed E-state index contributed by atoms with van der Waals surface area (Å²) in [6, 6.07) is 23.1. The van der Waals surface area contributed by atoms with Crippen LogP contribution in [0.2, 0.25) is 0 Å². The maximum absolute atomic E-state index is 12.5. The summed E-state index contributed by atoms with van der Waals surface area (Å²) in [7, 11) is -3.78. The average molecular weight is 380 g/mol. The van der Waals surface area contributed by atoms with Crippen molar-refractivity contribution in [3.63, 3.8) is 0 Å². The van der Waals surface area contributed by atoms with Crippen LogP contribution in [-0.2, 0) is 10.0 Å². The lowest BCUT2D eigenvalue weighted by molar-refractivity contribution is 0.0940. The van der Waals surface area contributed by atoms with E-state index in [2.05, 4.69) is 5.32 Å². The molecular formula is C21H20N2O3S. The Morgan fingerprint density at radius 1 is 0.889 bits per heavy atom. The number of carbonyl (C=O) groups is 1. The molecule has 0 heterocycles. The van der Waals surface area contributed by atoms with Gasteiger partial charge in [-0.25, -0.2) is 13.6 Å². The molecule has 6 heteroatoms. The summed E-state index contributed by atoms with van der Waals surface area (Å²) in [5.41, 5.74) is 3.30. The molecular weight excluding hydrogens is 360 g/mol. The Morgan fingerprint density at radius 2 is 1.52 bits per heavy atom. The Morgan fingerprint density at radius 3 is 2.15 bits per heavy atom. The van der Waals surface area contributed by atoms with Gasteiger partial charge in [-0.1, -0.05) is 54.6 Å². The molecule has 3 N–H and O–H groups in total. The first-order chi connectivity index (χ1) is 12.8. The van der Waals surface area contributed by atoms with Crippen molar-refractivity contribution < 1.29 is 13.2 Å². The van der Waals surface area contributed by atoms with Crippen molar-refractivity contribution in [3.05, 3.63) is 90.0 Å². The molecule has 3 aromatic rings. The maximum Gasteiger partial charge on any atom is 0.251 e. The van der Waals surface area contributed by atoms with Crippen molar-refractivity contribution in [1.82, 2.24) is 5.32 Å². The summed E-state index contributed by atoms with van der Waals surface area (Å²) in [5, 5.41) is 8.04. The zero-order valence-electron chi connectivity index (χ0n) is 14.8. The van der Waals surface area contributed by atoms with Crippen LogP contribution in [0.4, 0.5) is 0 Å². The number of nitrogens with one attached hydrogen (secondary N) is 1. The molecule has 0 spiro atoms. The molecule has 1 unspecified atom stereocenters. The Hall–Kier alpha value is -2.96. The first kappa shape index (κ1) is 18.8. The lowest BCUT2D eigenvalue weighted by atomic mass is 10.0. The fourth-order valence-corrected chi connectivity index (χ4v) is 3.34. The van der Waals surface area contributed by atoms with Gasteiger partial charge in [-0.15, -0.1) is 0 Å². The third-order valence-electron chi connectivity index (χ3n) is 4.29. The largest absolute Gasteiger partial charge is 0.346 e. The number of primary sulfonamides is 1. The molecule has 1 atom stereocenters. The third-order valence-corrected chi connectivity index (χ3v) is 5.20. The number of hydrogen-bond donors (Lipinski definition) is 2. The van der Waals surface area contributed by atoms with E-state index in [4.69, 9.17) is 5.14 Å². The molecule has 1 amide bonds. The number of amides is 1. The maximum atomic E-state index is 12.5. The first-order valence-corrected chi connectivity index (χ1v) is 9.98. The van der Waals surface area contributed by atoms with Crippen molar-refractivity contribution in [2.45, 2.75) is 17.9 Å². The minimum absolute atomic E-state index is 0.0216. The van der Waals surface area contributed by atoms with Crippen LogP contribution in [0.3, 0.4) is 0 Å². The average Bonchev–Trinajstić information content (AvgIpc) is 2.68. The number of nitrogens with two attached hydrogens (primary N) is 1. The Bertz CT molecular complexity index is 1050. The number of rotatable bonds is 5. The summed E-state index contributed by atoms with van der Waals surface area (Å²) in [6.07, 6.45) is 0. The number of sulfonamides is 1. The van der Waals surface area contributed by atoms with E-state index in [-0.39, 0.29) is 16.8 Å². The molecule has 138 valence electrons. The van der Waals surface area contributed by atoms with E-state index < -0.39 is 10.0 Å². The standard InChI is InChI=1S/C21H20N2O3S/c1-15(19-8-5-9-20(14-19)27(22,25)26)23-21(24)18-12-10-17(11-13-18)16-6-3-2-4-7-16/h2-15H,1H3,(H,23,24)(H2,22,25,26). The normalized spacial score (nSPS) is 12.4. The first-order valence-electron chi connectivity index (χ1n) is 8.44. The quantitative estimate of drug-likeness (QED) is 0.710. The molecule has 0 fully saturated rings. The topological polar surface area (TPSA) is 89.3 Å². The summed E-state index contributed by atoms with van der Waals surface area (Å²) >= 11 is 0. The lowest BCUT2D eigenvalue weighted by Gasteiger charge is -2.15. The second kappa shape index (κ2) is 7.73. The van der Waals surface area contributed by atoms with Crippen LogP contribution in [0.15, 0.2) is 83.8 Å². The van der Waals surface area contributed by atoms with Crippen LogP contribution in [-0.4, -0.2) is 14.3 Å². The summed E-state index contributed by atoms with van der Waals surface area (Å²) in [4.78, 5) is 12.5. The molecule has 0 aliphatic carbocycles. The minimum atomic E-state index is -3.78. The van der Waals surface area contributed by atoms with E-state index >= 15 is 0 Å². The van der Waals surface area contributed by atoms with Crippen LogP contribution in [0.5, 0.6) is 0 Å². The predicted octanol–water partition coefficient (Wildman–Crippen LogP) is 3.49. The van der Waals surface area contributed by atoms with Crippen molar-refractivity contribution in [2.24, 2.45) is 5.14 Å². The zero-order chi connectivity index (χ0) is 19.4. The van der Waals surface area contributed by atoms with E-state index in [0.717, 1.165) is 11.1 Å². The van der Waals surface area contributed by atoms with Crippen LogP contribution >= 0.6 is 0 Å². The van der Waals surface area contributed by atoms with Gasteiger partial charge in [-0.3, -0.25) is 4.79 Å². The van der Waals surface area contributed by atoms with E-state index in [0.29, 0.717) is 11.1 Å². The molecule has 0 aliphatic rings. The fourth-order valence-electron chi connectivity index (χ4n) is 2.77. The van der Waals surface area contributed by atoms with Crippen LogP contribution in [0.1, 0.15) is 28.9 Å². The van der Waals surface area contributed by atoms with E-state index in [1.54, 1.807) is 31.2 Å². The highest BCUT2D eigenvalue weighted by molar-refractivity contribution is 7.89. The van der Waals surface area contributed by atoms with Gasteiger partial charge in [0.05, 0.1) is 10.9 Å². The highest BCUT2D eigenvalue weighted by Crippen LogP contribution is 2.20. The molecule has 5 nitrogen and oxygen atoms in total. The Kier molecular flexibility index (Phi) is 5.39. The second-order valence-corrected chi connectivity index (χ2v) is 7.82. The van der Waals surface area contributed by atoms with Gasteiger partial charge in [-0.05, 0) is 47.9 Å². The van der Waals surface area contributed by atoms with Crippen molar-refractivity contribution in [1.29, 1.82) is 0 Å². The Labute approximate surface area is 158 Å². The summed E-state index contributed by atoms with van der Waals surface area (Å²) in [5.74, 6) is -0.233. The third kappa shape index (κ3) is 4.61. The molecule has 27 heavy (non-hydrogen) atoms. The molecule has 0 radical (unpaired) electrons. The lowest BCUT2D eigenvalue weighted by Crippen LogP contribution is -2.26. The molecule has 0 saturated carbocycles. The Balaban J connectivity index is 1.73. The molecule has 3 rings (SSSR count). The van der Waals surface area contributed by atoms with Gasteiger partial charge in [0.1, 0.15) is 0 Å². The van der Waals surface area contributed by atoms with Crippen LogP contribution < -0.4 is 10.5 Å². The fraction of sp³-hybridized carbons (Fsp3) is 0.0952. The smallest absolute Gasteiger partial charge is 0.251 e. The van der Waals surface area contributed by atoms with Gasteiger partial charge in [0.25, 0.3) is 5.91 Å². The molecule has 0 bridgehead atoms. The monoisotopic (exact) mass is 380 g/mol. The summed E-state index contributed by atoms with van der Waals surface area (Å²) in [6.45, 7) is 1.79.